The molecule has 0 amide bonds. The van der Waals surface area contributed by atoms with Gasteiger partial charge in [-0.2, -0.15) is 0 Å². The second-order valence-corrected chi connectivity index (χ2v) is 4.19. The lowest BCUT2D eigenvalue weighted by molar-refractivity contribution is 0.00778. The zero-order valence-electron chi connectivity index (χ0n) is 9.81. The molecular formula is C12H18N2O2. The van der Waals surface area contributed by atoms with Crippen LogP contribution >= 0.6 is 0 Å². The topological polar surface area (TPSA) is 45.6 Å². The number of nitrogens with zero attached hydrogens (tertiary/aromatic N) is 2. The average Bonchev–Trinajstić information content (AvgIpc) is 2.26. The largest absolute Gasteiger partial charge is 0.490 e. The van der Waals surface area contributed by atoms with Crippen molar-refractivity contribution in [2.24, 2.45) is 0 Å². The van der Waals surface area contributed by atoms with Gasteiger partial charge in [0.05, 0.1) is 25.3 Å². The first-order valence-electron chi connectivity index (χ1n) is 5.73. The molecule has 0 radical (unpaired) electrons. The fraction of sp³-hybridized carbons (Fsp3) is 0.583. The van der Waals surface area contributed by atoms with Crippen LogP contribution in [0.4, 0.5) is 5.82 Å². The Morgan fingerprint density at radius 3 is 2.88 bits per heavy atom. The molecule has 1 fully saturated rings. The second-order valence-electron chi connectivity index (χ2n) is 4.19. The Labute approximate surface area is 95.9 Å². The highest BCUT2D eigenvalue weighted by atomic mass is 16.5. The van der Waals surface area contributed by atoms with Gasteiger partial charge in [0, 0.05) is 6.20 Å². The van der Waals surface area contributed by atoms with Crippen LogP contribution in [0.1, 0.15) is 20.3 Å². The van der Waals surface area contributed by atoms with Gasteiger partial charge in [-0.25, -0.2) is 4.98 Å². The molecule has 1 aliphatic rings. The van der Waals surface area contributed by atoms with Crippen LogP contribution < -0.4 is 9.64 Å². The van der Waals surface area contributed by atoms with Gasteiger partial charge in [0.2, 0.25) is 0 Å². The van der Waals surface area contributed by atoms with Crippen molar-refractivity contribution in [2.45, 2.75) is 25.9 Å². The van der Waals surface area contributed by atoms with Gasteiger partial charge >= 0.3 is 0 Å². The molecule has 88 valence electrons. The molecule has 0 atom stereocenters. The predicted molar refractivity (Wildman–Crippen MR) is 62.9 cm³/mol. The molecule has 2 heterocycles. The van der Waals surface area contributed by atoms with E-state index in [0.717, 1.165) is 18.0 Å². The van der Waals surface area contributed by atoms with Gasteiger partial charge in [-0.15, -0.1) is 0 Å². The van der Waals surface area contributed by atoms with E-state index in [2.05, 4.69) is 9.88 Å². The zero-order chi connectivity index (χ0) is 11.6. The molecule has 1 saturated heterocycles. The van der Waals surface area contributed by atoms with Crippen LogP contribution in [0.5, 0.6) is 5.75 Å². The summed E-state index contributed by atoms with van der Waals surface area (Å²) in [5.41, 5.74) is -0.541. The summed E-state index contributed by atoms with van der Waals surface area (Å²) in [6.45, 7) is 5.86. The minimum atomic E-state index is -0.541. The maximum atomic E-state index is 9.96. The molecule has 0 saturated carbocycles. The number of hydrogen-bond acceptors (Lipinski definition) is 4. The molecule has 2 rings (SSSR count). The lowest BCUT2D eigenvalue weighted by Crippen LogP contribution is -2.61. The van der Waals surface area contributed by atoms with Gasteiger partial charge in [0.25, 0.3) is 0 Å². The fourth-order valence-corrected chi connectivity index (χ4v) is 1.93. The number of aliphatic hydroxyl groups is 1. The summed E-state index contributed by atoms with van der Waals surface area (Å²) in [5.74, 6) is 1.63. The van der Waals surface area contributed by atoms with Crippen LogP contribution in [0, 0.1) is 0 Å². The first kappa shape index (κ1) is 11.2. The van der Waals surface area contributed by atoms with Crippen LogP contribution in [0.2, 0.25) is 0 Å². The van der Waals surface area contributed by atoms with Crippen molar-refractivity contribution in [2.75, 3.05) is 24.6 Å². The highest BCUT2D eigenvalue weighted by Gasteiger charge is 2.41. The van der Waals surface area contributed by atoms with E-state index in [9.17, 15) is 5.11 Å². The minimum Gasteiger partial charge on any atom is -0.490 e. The first-order valence-corrected chi connectivity index (χ1v) is 5.73. The van der Waals surface area contributed by atoms with Gasteiger partial charge in [-0.3, -0.25) is 0 Å². The summed E-state index contributed by atoms with van der Waals surface area (Å²) >= 11 is 0. The van der Waals surface area contributed by atoms with E-state index in [1.165, 1.54) is 0 Å². The van der Waals surface area contributed by atoms with Crippen LogP contribution in [-0.4, -0.2) is 35.4 Å². The van der Waals surface area contributed by atoms with Gasteiger partial charge in [-0.1, -0.05) is 6.92 Å². The minimum absolute atomic E-state index is 0.541. The number of rotatable bonds is 4. The highest BCUT2D eigenvalue weighted by Crippen LogP contribution is 2.34. The molecule has 0 unspecified atom stereocenters. The second kappa shape index (κ2) is 4.29. The summed E-state index contributed by atoms with van der Waals surface area (Å²) in [4.78, 5) is 6.36. The lowest BCUT2D eigenvalue weighted by Gasteiger charge is -2.47. The SMILES string of the molecule is CCOc1cccnc1N1CC(O)(CC)C1. The molecule has 0 bridgehead atoms. The average molecular weight is 222 g/mol. The molecular weight excluding hydrogens is 204 g/mol. The third-order valence-electron chi connectivity index (χ3n) is 2.98. The van der Waals surface area contributed by atoms with Crippen molar-refractivity contribution in [1.29, 1.82) is 0 Å². The summed E-state index contributed by atoms with van der Waals surface area (Å²) in [7, 11) is 0. The van der Waals surface area contributed by atoms with Crippen LogP contribution in [0.15, 0.2) is 18.3 Å². The molecule has 16 heavy (non-hydrogen) atoms. The van der Waals surface area contributed by atoms with Crippen molar-refractivity contribution >= 4 is 5.82 Å². The molecule has 1 N–H and O–H groups in total. The Hall–Kier alpha value is -1.29. The van der Waals surface area contributed by atoms with Crippen molar-refractivity contribution in [3.63, 3.8) is 0 Å². The number of β-amino-alcohol motifs (C(OH)–C–C–N with tert-alkyl or cyclic N) is 1. The summed E-state index contributed by atoms with van der Waals surface area (Å²) in [6.07, 6.45) is 2.53. The van der Waals surface area contributed by atoms with E-state index in [1.807, 2.05) is 26.0 Å². The Morgan fingerprint density at radius 2 is 2.25 bits per heavy atom. The quantitative estimate of drug-likeness (QED) is 0.837. The van der Waals surface area contributed by atoms with Crippen LogP contribution in [-0.2, 0) is 0 Å². The Balaban J connectivity index is 2.11. The lowest BCUT2D eigenvalue weighted by atomic mass is 9.91. The van der Waals surface area contributed by atoms with E-state index in [-0.39, 0.29) is 0 Å². The molecule has 4 nitrogen and oxygen atoms in total. The van der Waals surface area contributed by atoms with Gasteiger partial charge < -0.3 is 14.7 Å². The van der Waals surface area contributed by atoms with Crippen molar-refractivity contribution in [3.05, 3.63) is 18.3 Å². The van der Waals surface area contributed by atoms with E-state index in [0.29, 0.717) is 19.7 Å². The van der Waals surface area contributed by atoms with Crippen molar-refractivity contribution in [3.8, 4) is 5.75 Å². The first-order chi connectivity index (χ1) is 7.68. The van der Waals surface area contributed by atoms with E-state index < -0.39 is 5.60 Å². The summed E-state index contributed by atoms with van der Waals surface area (Å²) in [6, 6.07) is 3.77. The maximum Gasteiger partial charge on any atom is 0.171 e. The molecule has 0 aliphatic carbocycles. The Kier molecular flexibility index (Phi) is 3.01. The monoisotopic (exact) mass is 222 g/mol. The molecule has 0 aromatic carbocycles. The number of hydrogen-bond donors (Lipinski definition) is 1. The zero-order valence-corrected chi connectivity index (χ0v) is 9.81. The maximum absolute atomic E-state index is 9.96. The van der Waals surface area contributed by atoms with Crippen LogP contribution in [0.25, 0.3) is 0 Å². The summed E-state index contributed by atoms with van der Waals surface area (Å²) in [5, 5.41) is 9.96. The molecule has 4 heteroatoms. The van der Waals surface area contributed by atoms with Crippen molar-refractivity contribution < 1.29 is 9.84 Å². The molecule has 0 spiro atoms. The van der Waals surface area contributed by atoms with Gasteiger partial charge in [0.1, 0.15) is 0 Å². The highest BCUT2D eigenvalue weighted by molar-refractivity contribution is 5.55. The number of anilines is 1. The normalized spacial score (nSPS) is 18.1. The Morgan fingerprint density at radius 1 is 1.50 bits per heavy atom. The molecule has 1 aromatic heterocycles. The molecule has 1 aromatic rings. The van der Waals surface area contributed by atoms with Crippen LogP contribution in [0.3, 0.4) is 0 Å². The predicted octanol–water partition coefficient (Wildman–Crippen LogP) is 1.44. The third kappa shape index (κ3) is 1.97. The standard InChI is InChI=1S/C12H18N2O2/c1-3-12(15)8-14(9-12)11-10(16-4-2)6-5-7-13-11/h5-7,15H,3-4,8-9H2,1-2H3. The van der Waals surface area contributed by atoms with E-state index in [4.69, 9.17) is 4.74 Å². The molecule has 1 aliphatic heterocycles. The smallest absolute Gasteiger partial charge is 0.171 e. The number of pyridine rings is 1. The number of ether oxygens (including phenoxy) is 1. The van der Waals surface area contributed by atoms with E-state index in [1.54, 1.807) is 6.20 Å². The van der Waals surface area contributed by atoms with E-state index >= 15 is 0 Å². The van der Waals surface area contributed by atoms with Gasteiger partial charge in [-0.05, 0) is 25.5 Å². The van der Waals surface area contributed by atoms with Crippen molar-refractivity contribution in [1.82, 2.24) is 4.98 Å². The summed E-state index contributed by atoms with van der Waals surface area (Å²) < 4.78 is 5.51. The number of aromatic nitrogens is 1. The van der Waals surface area contributed by atoms with Gasteiger partial charge in [0.15, 0.2) is 11.6 Å². The fourth-order valence-electron chi connectivity index (χ4n) is 1.93. The Bertz CT molecular complexity index is 362. The third-order valence-corrected chi connectivity index (χ3v) is 2.98.